The van der Waals surface area contributed by atoms with E-state index >= 15 is 0 Å². The molecule has 0 bridgehead atoms. The minimum atomic E-state index is -0.621. The minimum Gasteiger partial charge on any atom is -0.367 e. The van der Waals surface area contributed by atoms with Crippen LogP contribution in [0.4, 0.5) is 0 Å². The van der Waals surface area contributed by atoms with Crippen molar-refractivity contribution in [1.82, 2.24) is 0 Å². The average Bonchev–Trinajstić information content (AvgIpc) is 2.98. The highest BCUT2D eigenvalue weighted by Crippen LogP contribution is 2.30. The molecule has 18 heavy (non-hydrogen) atoms. The van der Waals surface area contributed by atoms with E-state index in [0.29, 0.717) is 6.61 Å². The summed E-state index contributed by atoms with van der Waals surface area (Å²) in [4.78, 5) is 10.9. The Hall–Kier alpha value is -1.27. The van der Waals surface area contributed by atoms with Gasteiger partial charge in [0.15, 0.2) is 19.4 Å². The third-order valence-electron chi connectivity index (χ3n) is 3.12. The Labute approximate surface area is 105 Å². The number of rotatable bonds is 4. The molecular formula is C13H14O5. The van der Waals surface area contributed by atoms with E-state index in [1.165, 1.54) is 0 Å². The van der Waals surface area contributed by atoms with Crippen molar-refractivity contribution in [1.29, 1.82) is 0 Å². The average molecular weight is 250 g/mol. The number of ether oxygens (including phenoxy) is 4. The van der Waals surface area contributed by atoms with Crippen LogP contribution in [0.5, 0.6) is 0 Å². The van der Waals surface area contributed by atoms with Crippen LogP contribution in [0.3, 0.4) is 0 Å². The van der Waals surface area contributed by atoms with Crippen molar-refractivity contribution in [3.8, 4) is 0 Å². The van der Waals surface area contributed by atoms with Crippen molar-refractivity contribution in [3.05, 3.63) is 35.9 Å². The van der Waals surface area contributed by atoms with Crippen LogP contribution >= 0.6 is 0 Å². The monoisotopic (exact) mass is 250 g/mol. The van der Waals surface area contributed by atoms with Crippen molar-refractivity contribution < 1.29 is 23.7 Å². The summed E-state index contributed by atoms with van der Waals surface area (Å²) in [6, 6.07) is 9.77. The molecular weight excluding hydrogens is 236 g/mol. The number of hydrogen-bond acceptors (Lipinski definition) is 5. The maximum atomic E-state index is 10.9. The van der Waals surface area contributed by atoms with Gasteiger partial charge in [0.25, 0.3) is 0 Å². The summed E-state index contributed by atoms with van der Waals surface area (Å²) in [6.07, 6.45) is -1.09. The molecule has 0 saturated carbocycles. The fraction of sp³-hybridized carbons (Fsp3) is 0.462. The van der Waals surface area contributed by atoms with Crippen molar-refractivity contribution in [3.63, 3.8) is 0 Å². The zero-order chi connectivity index (χ0) is 12.4. The molecule has 0 amide bonds. The third-order valence-corrected chi connectivity index (χ3v) is 3.12. The molecule has 1 aromatic rings. The topological polar surface area (TPSA) is 54.0 Å². The highest BCUT2D eigenvalue weighted by atomic mass is 16.8. The van der Waals surface area contributed by atoms with E-state index < -0.39 is 18.5 Å². The van der Waals surface area contributed by atoms with E-state index in [4.69, 9.17) is 18.9 Å². The largest absolute Gasteiger partial charge is 0.367 e. The van der Waals surface area contributed by atoms with Crippen LogP contribution in [0.15, 0.2) is 30.3 Å². The number of hydrogen-bond donors (Lipinski definition) is 0. The molecule has 0 aromatic heterocycles. The van der Waals surface area contributed by atoms with E-state index in [9.17, 15) is 4.79 Å². The second kappa shape index (κ2) is 5.16. The Morgan fingerprint density at radius 1 is 1.28 bits per heavy atom. The van der Waals surface area contributed by atoms with Gasteiger partial charge in [-0.05, 0) is 5.56 Å². The molecule has 2 fully saturated rings. The van der Waals surface area contributed by atoms with Gasteiger partial charge in [0.2, 0.25) is 0 Å². The standard InChI is InChI=1S/C13H14O5/c14-6-10-11(12-13(18-10)17-8-16-12)15-7-9-4-2-1-3-5-9/h1-6,10-13H,7-8H2/t10-,11+,12-,13+/m1/s1. The first-order valence-corrected chi connectivity index (χ1v) is 5.88. The van der Waals surface area contributed by atoms with Crippen LogP contribution in [0, 0.1) is 0 Å². The molecule has 2 heterocycles. The molecule has 0 radical (unpaired) electrons. The fourth-order valence-electron chi connectivity index (χ4n) is 2.21. The van der Waals surface area contributed by atoms with Crippen LogP contribution in [0.1, 0.15) is 5.56 Å². The van der Waals surface area contributed by atoms with E-state index in [1.54, 1.807) is 0 Å². The number of aldehydes is 1. The number of carbonyl (C=O) groups excluding carboxylic acids is 1. The lowest BCUT2D eigenvalue weighted by Gasteiger charge is -2.18. The van der Waals surface area contributed by atoms with Crippen LogP contribution in [0.2, 0.25) is 0 Å². The van der Waals surface area contributed by atoms with Gasteiger partial charge in [-0.25, -0.2) is 0 Å². The van der Waals surface area contributed by atoms with Gasteiger partial charge in [-0.3, -0.25) is 0 Å². The van der Waals surface area contributed by atoms with Crippen LogP contribution in [0.25, 0.3) is 0 Å². The molecule has 2 saturated heterocycles. The molecule has 0 unspecified atom stereocenters. The normalized spacial score (nSPS) is 34.4. The Morgan fingerprint density at radius 3 is 2.89 bits per heavy atom. The predicted octanol–water partition coefficient (Wildman–Crippen LogP) is 0.868. The molecule has 0 aliphatic carbocycles. The Morgan fingerprint density at radius 2 is 2.11 bits per heavy atom. The summed E-state index contributed by atoms with van der Waals surface area (Å²) < 4.78 is 21.7. The lowest BCUT2D eigenvalue weighted by molar-refractivity contribution is -0.148. The summed E-state index contributed by atoms with van der Waals surface area (Å²) in [5, 5.41) is 0. The quantitative estimate of drug-likeness (QED) is 0.742. The molecule has 0 N–H and O–H groups in total. The Balaban J connectivity index is 1.65. The van der Waals surface area contributed by atoms with E-state index in [0.717, 1.165) is 11.8 Å². The lowest BCUT2D eigenvalue weighted by atomic mass is 10.1. The highest BCUT2D eigenvalue weighted by molar-refractivity contribution is 5.58. The first kappa shape index (κ1) is 11.8. The maximum Gasteiger partial charge on any atom is 0.190 e. The SMILES string of the molecule is O=C[C@H]1O[C@@H]2OCO[C@@H]2[C@H]1OCc1ccccc1. The second-order valence-corrected chi connectivity index (χ2v) is 4.28. The first-order chi connectivity index (χ1) is 8.88. The lowest BCUT2D eigenvalue weighted by Crippen LogP contribution is -2.35. The number of carbonyl (C=O) groups is 1. The molecule has 4 atom stereocenters. The highest BCUT2D eigenvalue weighted by Gasteiger charge is 2.50. The molecule has 3 rings (SSSR count). The molecule has 0 spiro atoms. The van der Waals surface area contributed by atoms with E-state index in [1.807, 2.05) is 30.3 Å². The van der Waals surface area contributed by atoms with Crippen molar-refractivity contribution in [2.24, 2.45) is 0 Å². The van der Waals surface area contributed by atoms with E-state index in [2.05, 4.69) is 0 Å². The molecule has 2 aliphatic rings. The molecule has 1 aromatic carbocycles. The van der Waals surface area contributed by atoms with Gasteiger partial charge >= 0.3 is 0 Å². The van der Waals surface area contributed by atoms with Gasteiger partial charge in [-0.2, -0.15) is 0 Å². The smallest absolute Gasteiger partial charge is 0.190 e. The molecule has 2 aliphatic heterocycles. The van der Waals surface area contributed by atoms with Crippen LogP contribution in [-0.4, -0.2) is 37.7 Å². The van der Waals surface area contributed by atoms with Gasteiger partial charge in [0.1, 0.15) is 18.3 Å². The number of fused-ring (bicyclic) bond motifs is 1. The van der Waals surface area contributed by atoms with Crippen molar-refractivity contribution in [2.75, 3.05) is 6.79 Å². The van der Waals surface area contributed by atoms with Crippen LogP contribution < -0.4 is 0 Å². The molecule has 96 valence electrons. The van der Waals surface area contributed by atoms with Gasteiger partial charge < -0.3 is 23.7 Å². The van der Waals surface area contributed by atoms with Crippen molar-refractivity contribution in [2.45, 2.75) is 31.2 Å². The third kappa shape index (κ3) is 2.18. The molecule has 5 nitrogen and oxygen atoms in total. The maximum absolute atomic E-state index is 10.9. The summed E-state index contributed by atoms with van der Waals surface area (Å²) in [7, 11) is 0. The van der Waals surface area contributed by atoms with Gasteiger partial charge in [-0.1, -0.05) is 30.3 Å². The zero-order valence-corrected chi connectivity index (χ0v) is 9.73. The van der Waals surface area contributed by atoms with Gasteiger partial charge in [0.05, 0.1) is 6.61 Å². The molecule has 5 heteroatoms. The fourth-order valence-corrected chi connectivity index (χ4v) is 2.21. The van der Waals surface area contributed by atoms with Crippen molar-refractivity contribution >= 4 is 6.29 Å². The minimum absolute atomic E-state index is 0.187. The van der Waals surface area contributed by atoms with E-state index in [-0.39, 0.29) is 12.9 Å². The summed E-state index contributed by atoms with van der Waals surface area (Å²) in [6.45, 7) is 0.609. The second-order valence-electron chi connectivity index (χ2n) is 4.28. The Kier molecular flexibility index (Phi) is 3.38. The first-order valence-electron chi connectivity index (χ1n) is 5.88. The zero-order valence-electron chi connectivity index (χ0n) is 9.73. The summed E-state index contributed by atoms with van der Waals surface area (Å²) in [5.41, 5.74) is 1.05. The summed E-state index contributed by atoms with van der Waals surface area (Å²) in [5.74, 6) is 0. The Bertz CT molecular complexity index is 407. The van der Waals surface area contributed by atoms with Gasteiger partial charge in [-0.15, -0.1) is 0 Å². The summed E-state index contributed by atoms with van der Waals surface area (Å²) >= 11 is 0. The predicted molar refractivity (Wildman–Crippen MR) is 60.6 cm³/mol. The van der Waals surface area contributed by atoms with Gasteiger partial charge in [0, 0.05) is 0 Å². The number of benzene rings is 1. The van der Waals surface area contributed by atoms with Crippen LogP contribution in [-0.2, 0) is 30.3 Å².